The maximum atomic E-state index is 13.0. The van der Waals surface area contributed by atoms with E-state index in [1.807, 2.05) is 24.3 Å². The summed E-state index contributed by atoms with van der Waals surface area (Å²) in [6.45, 7) is 1.01. The summed E-state index contributed by atoms with van der Waals surface area (Å²) in [6, 6.07) is 14.1. The van der Waals surface area contributed by atoms with Gasteiger partial charge in [0.2, 0.25) is 0 Å². The van der Waals surface area contributed by atoms with E-state index in [0.717, 1.165) is 22.5 Å². The summed E-state index contributed by atoms with van der Waals surface area (Å²) < 4.78 is 4.74. The quantitative estimate of drug-likeness (QED) is 0.686. The number of carbonyl (C=O) groups excluding carboxylic acids is 2. The summed E-state index contributed by atoms with van der Waals surface area (Å²) in [7, 11) is 1.32. The Morgan fingerprint density at radius 1 is 1.14 bits per heavy atom. The van der Waals surface area contributed by atoms with Gasteiger partial charge in [0, 0.05) is 46.9 Å². The molecule has 0 aliphatic carbocycles. The van der Waals surface area contributed by atoms with Gasteiger partial charge in [-0.1, -0.05) is 29.8 Å². The van der Waals surface area contributed by atoms with E-state index in [4.69, 9.17) is 16.3 Å². The van der Waals surface area contributed by atoms with Crippen LogP contribution >= 0.6 is 11.6 Å². The zero-order valence-corrected chi connectivity index (χ0v) is 16.0. The lowest BCUT2D eigenvalue weighted by atomic mass is 10.00. The number of esters is 1. The molecule has 1 aliphatic rings. The van der Waals surface area contributed by atoms with Crippen molar-refractivity contribution in [3.05, 3.63) is 75.9 Å². The van der Waals surface area contributed by atoms with Crippen molar-refractivity contribution in [1.29, 1.82) is 0 Å². The molecule has 0 unspecified atom stereocenters. The first-order valence-electron chi connectivity index (χ1n) is 8.86. The van der Waals surface area contributed by atoms with Crippen molar-refractivity contribution >= 4 is 23.5 Å². The van der Waals surface area contributed by atoms with Crippen molar-refractivity contribution in [2.75, 3.05) is 13.7 Å². The Morgan fingerprint density at radius 2 is 1.93 bits per heavy atom. The van der Waals surface area contributed by atoms with E-state index in [-0.39, 0.29) is 5.91 Å². The first kappa shape index (κ1) is 18.3. The van der Waals surface area contributed by atoms with Crippen LogP contribution in [0.4, 0.5) is 0 Å². The van der Waals surface area contributed by atoms with E-state index in [2.05, 4.69) is 10.2 Å². The molecule has 4 rings (SSSR count). The number of carbonyl (C=O) groups is 2. The summed E-state index contributed by atoms with van der Waals surface area (Å²) in [6.07, 6.45) is 0.686. The molecule has 0 atom stereocenters. The molecule has 0 saturated carbocycles. The van der Waals surface area contributed by atoms with Gasteiger partial charge < -0.3 is 9.64 Å². The third kappa shape index (κ3) is 3.39. The molecule has 0 spiro atoms. The number of ether oxygens (including phenoxy) is 1. The van der Waals surface area contributed by atoms with Gasteiger partial charge in [-0.15, -0.1) is 0 Å². The molecule has 0 fully saturated rings. The zero-order valence-electron chi connectivity index (χ0n) is 15.2. The second kappa shape index (κ2) is 7.48. The molecule has 28 heavy (non-hydrogen) atoms. The largest absolute Gasteiger partial charge is 0.465 e. The Bertz CT molecular complexity index is 1060. The van der Waals surface area contributed by atoms with Crippen LogP contribution in [0.5, 0.6) is 0 Å². The van der Waals surface area contributed by atoms with E-state index >= 15 is 0 Å². The molecule has 1 amide bonds. The van der Waals surface area contributed by atoms with Gasteiger partial charge in [-0.25, -0.2) is 4.79 Å². The topological polar surface area (TPSA) is 75.3 Å². The number of hydrogen-bond donors (Lipinski definition) is 1. The van der Waals surface area contributed by atoms with Gasteiger partial charge in [0.25, 0.3) is 5.91 Å². The van der Waals surface area contributed by atoms with Crippen molar-refractivity contribution < 1.29 is 14.3 Å². The van der Waals surface area contributed by atoms with Crippen molar-refractivity contribution in [1.82, 2.24) is 15.1 Å². The maximum absolute atomic E-state index is 13.0. The Balaban J connectivity index is 1.61. The minimum atomic E-state index is -0.464. The zero-order chi connectivity index (χ0) is 19.7. The van der Waals surface area contributed by atoms with Crippen LogP contribution in [0.25, 0.3) is 11.3 Å². The molecule has 7 heteroatoms. The predicted octanol–water partition coefficient (Wildman–Crippen LogP) is 3.72. The number of rotatable bonds is 3. The number of H-pyrrole nitrogens is 1. The normalized spacial score (nSPS) is 13.1. The van der Waals surface area contributed by atoms with Gasteiger partial charge in [0.1, 0.15) is 0 Å². The van der Waals surface area contributed by atoms with Gasteiger partial charge in [0.15, 0.2) is 0 Å². The van der Waals surface area contributed by atoms with E-state index in [1.54, 1.807) is 29.2 Å². The lowest BCUT2D eigenvalue weighted by Crippen LogP contribution is -2.36. The summed E-state index contributed by atoms with van der Waals surface area (Å²) in [4.78, 5) is 26.5. The van der Waals surface area contributed by atoms with Gasteiger partial charge in [-0.05, 0) is 30.3 Å². The number of aromatic nitrogens is 2. The molecule has 1 aliphatic heterocycles. The molecule has 6 nitrogen and oxygen atoms in total. The lowest BCUT2D eigenvalue weighted by molar-refractivity contribution is 0.0600. The molecule has 2 aromatic carbocycles. The van der Waals surface area contributed by atoms with Crippen LogP contribution in [0.3, 0.4) is 0 Å². The number of benzene rings is 2. The predicted molar refractivity (Wildman–Crippen MR) is 105 cm³/mol. The fourth-order valence-corrected chi connectivity index (χ4v) is 3.61. The molecule has 142 valence electrons. The van der Waals surface area contributed by atoms with Crippen LogP contribution in [0.2, 0.25) is 5.02 Å². The molecule has 1 aromatic heterocycles. The highest BCUT2D eigenvalue weighted by Crippen LogP contribution is 2.30. The summed E-state index contributed by atoms with van der Waals surface area (Å²) >= 11 is 6.12. The molecule has 3 aromatic rings. The highest BCUT2D eigenvalue weighted by molar-refractivity contribution is 6.30. The highest BCUT2D eigenvalue weighted by Gasteiger charge is 2.26. The molecule has 0 radical (unpaired) electrons. The van der Waals surface area contributed by atoms with Crippen LogP contribution in [0.15, 0.2) is 48.5 Å². The van der Waals surface area contributed by atoms with Crippen molar-refractivity contribution in [2.45, 2.75) is 13.0 Å². The monoisotopic (exact) mass is 395 g/mol. The van der Waals surface area contributed by atoms with Crippen molar-refractivity contribution in [3.8, 4) is 11.3 Å². The fourth-order valence-electron chi connectivity index (χ4n) is 3.42. The van der Waals surface area contributed by atoms with E-state index < -0.39 is 5.97 Å². The number of amides is 1. The second-order valence-corrected chi connectivity index (χ2v) is 7.03. The first-order chi connectivity index (χ1) is 13.6. The van der Waals surface area contributed by atoms with Crippen molar-refractivity contribution in [2.24, 2.45) is 0 Å². The molecule has 2 heterocycles. The van der Waals surface area contributed by atoms with Crippen LogP contribution in [-0.4, -0.2) is 40.6 Å². The minimum absolute atomic E-state index is 0.130. The number of nitrogens with one attached hydrogen (secondary N) is 1. The number of aromatic amines is 1. The first-order valence-corrected chi connectivity index (χ1v) is 9.24. The lowest BCUT2D eigenvalue weighted by Gasteiger charge is -2.27. The fraction of sp³-hybridized carbons (Fsp3) is 0.190. The molecule has 0 saturated heterocycles. The average molecular weight is 396 g/mol. The Morgan fingerprint density at radius 3 is 2.71 bits per heavy atom. The van der Waals surface area contributed by atoms with E-state index in [0.29, 0.717) is 35.7 Å². The van der Waals surface area contributed by atoms with Gasteiger partial charge >= 0.3 is 5.97 Å². The average Bonchev–Trinajstić information content (AvgIpc) is 3.16. The number of hydrogen-bond acceptors (Lipinski definition) is 4. The number of nitrogens with zero attached hydrogens (tertiary/aromatic N) is 2. The molecule has 0 bridgehead atoms. The van der Waals surface area contributed by atoms with Gasteiger partial charge in [-0.2, -0.15) is 5.10 Å². The van der Waals surface area contributed by atoms with Crippen LogP contribution in [0, 0.1) is 0 Å². The van der Waals surface area contributed by atoms with Crippen LogP contribution in [-0.2, 0) is 17.7 Å². The van der Waals surface area contributed by atoms with Crippen molar-refractivity contribution in [3.63, 3.8) is 0 Å². The van der Waals surface area contributed by atoms with Crippen LogP contribution in [0.1, 0.15) is 32.0 Å². The maximum Gasteiger partial charge on any atom is 0.337 e. The Hall–Kier alpha value is -3.12. The summed E-state index contributed by atoms with van der Waals surface area (Å²) in [5.74, 6) is -0.594. The second-order valence-electron chi connectivity index (χ2n) is 6.59. The molecular weight excluding hydrogens is 378 g/mol. The van der Waals surface area contributed by atoms with Crippen LogP contribution < -0.4 is 0 Å². The smallest absolute Gasteiger partial charge is 0.337 e. The minimum Gasteiger partial charge on any atom is -0.465 e. The van der Waals surface area contributed by atoms with Gasteiger partial charge in [-0.3, -0.25) is 9.89 Å². The molecule has 1 N–H and O–H groups in total. The van der Waals surface area contributed by atoms with Gasteiger partial charge in [0.05, 0.1) is 18.4 Å². The summed E-state index contributed by atoms with van der Waals surface area (Å²) in [5.41, 5.74) is 4.55. The Kier molecular flexibility index (Phi) is 4.88. The van der Waals surface area contributed by atoms with E-state index in [9.17, 15) is 9.59 Å². The highest BCUT2D eigenvalue weighted by atomic mass is 35.5. The molecular formula is C21H18ClN3O3. The number of halogens is 1. The number of fused-ring (bicyclic) bond motifs is 1. The third-order valence-electron chi connectivity index (χ3n) is 4.85. The van der Waals surface area contributed by atoms with E-state index in [1.165, 1.54) is 7.11 Å². The SMILES string of the molecule is COC(=O)c1cccc(C(=O)N2CCc3[nH]nc(-c4cccc(Cl)c4)c3C2)c1. The standard InChI is InChI=1S/C21H18ClN3O3/c1-28-21(27)15-6-2-5-14(10-15)20(26)25-9-8-18-17(12-25)19(24-23-18)13-4-3-7-16(22)11-13/h2-7,10-11H,8-9,12H2,1H3,(H,23,24). The summed E-state index contributed by atoms with van der Waals surface area (Å²) in [5, 5.41) is 8.16. The Labute approximate surface area is 167 Å². The number of methoxy groups -OCH3 is 1. The third-order valence-corrected chi connectivity index (χ3v) is 5.08.